The van der Waals surface area contributed by atoms with Crippen LogP contribution in [0.5, 0.6) is 0 Å². The number of aromatic nitrogens is 1. The average Bonchev–Trinajstić information content (AvgIpc) is 3.93. The molecule has 1 aliphatic heterocycles. The van der Waals surface area contributed by atoms with Crippen LogP contribution in [0.25, 0.3) is 83.1 Å². The molecule has 14 rings (SSSR count). The van der Waals surface area contributed by atoms with E-state index in [0.717, 1.165) is 22.7 Å². The maximum atomic E-state index is 2.58. The van der Waals surface area contributed by atoms with E-state index in [9.17, 15) is 0 Å². The van der Waals surface area contributed by atoms with Crippen molar-refractivity contribution in [1.29, 1.82) is 0 Å². The molecule has 0 N–H and O–H groups in total. The number of hydrogen-bond acceptors (Lipinski definition) is 1. The van der Waals surface area contributed by atoms with Crippen LogP contribution >= 0.6 is 0 Å². The van der Waals surface area contributed by atoms with E-state index in [-0.39, 0.29) is 0 Å². The van der Waals surface area contributed by atoms with Gasteiger partial charge in [0.05, 0.1) is 33.5 Å². The Morgan fingerprint density at radius 3 is 1.22 bits per heavy atom. The van der Waals surface area contributed by atoms with Crippen molar-refractivity contribution in [3.63, 3.8) is 0 Å². The molecule has 2 heterocycles. The van der Waals surface area contributed by atoms with Crippen LogP contribution in [0.15, 0.2) is 267 Å². The number of benzene rings is 11. The molecule has 69 heavy (non-hydrogen) atoms. The van der Waals surface area contributed by atoms with Gasteiger partial charge in [-0.25, -0.2) is 0 Å². The number of nitrogens with zero attached hydrogens (tertiary/aromatic N) is 2. The molecule has 0 atom stereocenters. The predicted molar refractivity (Wildman–Crippen MR) is 288 cm³/mol. The summed E-state index contributed by atoms with van der Waals surface area (Å²) in [6, 6.07) is 98.9. The van der Waals surface area contributed by atoms with Crippen molar-refractivity contribution in [2.24, 2.45) is 0 Å². The summed E-state index contributed by atoms with van der Waals surface area (Å²) in [5.74, 6) is 0. The van der Waals surface area contributed by atoms with Gasteiger partial charge < -0.3 is 9.47 Å². The molecule has 0 radical (unpaired) electrons. The van der Waals surface area contributed by atoms with Gasteiger partial charge in [0.1, 0.15) is 0 Å². The molecule has 2 nitrogen and oxygen atoms in total. The van der Waals surface area contributed by atoms with Gasteiger partial charge >= 0.3 is 0 Å². The standard InChI is InChI=1S/C67H44N2/c1-4-21-45(22-5-1)50-27-10-12-29-52(50)47-39-41-63-60(43-47)67(58-35-17-14-31-54(58)55-32-15-18-36-59(55)67)61-44-48(53-30-13-11-28-51(53)46-23-6-2-7-24-46)40-42-64(61)69(63)65-38-20-34-57-56-33-16-19-37-62(56)68(66(57)65)49-25-8-3-9-26-49/h1-44H. The van der Waals surface area contributed by atoms with Gasteiger partial charge in [-0.3, -0.25) is 0 Å². The normalized spacial score (nSPS) is 13.0. The summed E-state index contributed by atoms with van der Waals surface area (Å²) in [4.78, 5) is 2.58. The molecular formula is C67H44N2. The highest BCUT2D eigenvalue weighted by molar-refractivity contribution is 6.15. The lowest BCUT2D eigenvalue weighted by atomic mass is 9.64. The second kappa shape index (κ2) is 15.6. The lowest BCUT2D eigenvalue weighted by molar-refractivity contribution is 0.753. The first kappa shape index (κ1) is 39.2. The van der Waals surface area contributed by atoms with Crippen LogP contribution in [-0.4, -0.2) is 4.57 Å². The average molecular weight is 877 g/mol. The Balaban J connectivity index is 1.14. The van der Waals surface area contributed by atoms with E-state index in [1.807, 2.05) is 0 Å². The molecule has 0 fully saturated rings. The Labute approximate surface area is 402 Å². The number of anilines is 3. The fourth-order valence-corrected chi connectivity index (χ4v) is 12.0. The highest BCUT2D eigenvalue weighted by Crippen LogP contribution is 2.65. The first-order chi connectivity index (χ1) is 34.3. The van der Waals surface area contributed by atoms with E-state index in [0.29, 0.717) is 0 Å². The molecule has 12 aromatic rings. The minimum absolute atomic E-state index is 0.677. The fourth-order valence-electron chi connectivity index (χ4n) is 12.0. The van der Waals surface area contributed by atoms with Gasteiger partial charge in [0, 0.05) is 16.5 Å². The van der Waals surface area contributed by atoms with Gasteiger partial charge in [-0.1, -0.05) is 218 Å². The van der Waals surface area contributed by atoms with Crippen LogP contribution in [0.1, 0.15) is 22.3 Å². The SMILES string of the molecule is c1ccc(-c2ccccc2-c2ccc3c(c2)C2(c4ccccc4-c4ccccc42)c2cc(-c4ccccc4-c4ccccc4)ccc2N3c2cccc3c4ccccc4n(-c4ccccc4)c23)cc1. The molecule has 1 aliphatic carbocycles. The smallest absolute Gasteiger partial charge is 0.0782 e. The molecule has 0 amide bonds. The van der Waals surface area contributed by atoms with E-state index in [4.69, 9.17) is 0 Å². The third kappa shape index (κ3) is 5.79. The maximum absolute atomic E-state index is 2.58. The molecule has 2 aliphatic rings. The predicted octanol–water partition coefficient (Wildman–Crippen LogP) is 17.6. The highest BCUT2D eigenvalue weighted by Gasteiger charge is 2.52. The Bertz CT molecular complexity index is 3780. The fraction of sp³-hybridized carbons (Fsp3) is 0.0149. The first-order valence-electron chi connectivity index (χ1n) is 23.9. The molecule has 0 bridgehead atoms. The van der Waals surface area contributed by atoms with Gasteiger partial charge in [-0.2, -0.15) is 0 Å². The molecule has 0 saturated carbocycles. The molecule has 0 unspecified atom stereocenters. The Morgan fingerprint density at radius 2 is 0.681 bits per heavy atom. The first-order valence-corrected chi connectivity index (χ1v) is 23.9. The summed E-state index contributed by atoms with van der Waals surface area (Å²) in [6.07, 6.45) is 0. The van der Waals surface area contributed by atoms with Gasteiger partial charge in [0.25, 0.3) is 0 Å². The zero-order valence-electron chi connectivity index (χ0n) is 37.8. The molecule has 1 aromatic heterocycles. The third-order valence-electron chi connectivity index (χ3n) is 14.8. The Morgan fingerprint density at radius 1 is 0.261 bits per heavy atom. The molecular weight excluding hydrogens is 833 g/mol. The monoisotopic (exact) mass is 876 g/mol. The van der Waals surface area contributed by atoms with Crippen molar-refractivity contribution < 1.29 is 0 Å². The van der Waals surface area contributed by atoms with Crippen LogP contribution in [0.2, 0.25) is 0 Å². The minimum atomic E-state index is -0.677. The summed E-state index contributed by atoms with van der Waals surface area (Å²) in [5, 5.41) is 2.44. The van der Waals surface area contributed by atoms with Crippen molar-refractivity contribution >= 4 is 38.9 Å². The van der Waals surface area contributed by atoms with Crippen molar-refractivity contribution in [1.82, 2.24) is 4.57 Å². The van der Waals surface area contributed by atoms with Crippen LogP contribution in [0.3, 0.4) is 0 Å². The van der Waals surface area contributed by atoms with E-state index < -0.39 is 5.41 Å². The van der Waals surface area contributed by atoms with E-state index in [2.05, 4.69) is 276 Å². The van der Waals surface area contributed by atoms with Gasteiger partial charge in [-0.15, -0.1) is 0 Å². The van der Waals surface area contributed by atoms with Crippen molar-refractivity contribution in [2.45, 2.75) is 5.41 Å². The lowest BCUT2D eigenvalue weighted by Gasteiger charge is -2.45. The van der Waals surface area contributed by atoms with Crippen molar-refractivity contribution in [3.8, 4) is 61.3 Å². The molecule has 1 spiro atoms. The molecule has 322 valence electrons. The molecule has 11 aromatic carbocycles. The molecule has 0 saturated heterocycles. The minimum Gasteiger partial charge on any atom is -0.308 e. The Kier molecular flexibility index (Phi) is 8.84. The van der Waals surface area contributed by atoms with E-state index >= 15 is 0 Å². The summed E-state index contributed by atoms with van der Waals surface area (Å²) in [5.41, 5.74) is 23.5. The lowest BCUT2D eigenvalue weighted by Crippen LogP contribution is -2.36. The summed E-state index contributed by atoms with van der Waals surface area (Å²) in [7, 11) is 0. The molecule has 2 heteroatoms. The van der Waals surface area contributed by atoms with Gasteiger partial charge in [-0.05, 0) is 126 Å². The van der Waals surface area contributed by atoms with Gasteiger partial charge in [0.15, 0.2) is 0 Å². The van der Waals surface area contributed by atoms with Crippen molar-refractivity contribution in [2.75, 3.05) is 4.90 Å². The van der Waals surface area contributed by atoms with E-state index in [1.54, 1.807) is 0 Å². The highest BCUT2D eigenvalue weighted by atomic mass is 15.2. The summed E-state index contributed by atoms with van der Waals surface area (Å²) >= 11 is 0. The zero-order valence-corrected chi connectivity index (χ0v) is 37.8. The number of para-hydroxylation sites is 3. The van der Waals surface area contributed by atoms with E-state index in [1.165, 1.54) is 99.7 Å². The van der Waals surface area contributed by atoms with Gasteiger partial charge in [0.2, 0.25) is 0 Å². The number of rotatable bonds is 6. The zero-order chi connectivity index (χ0) is 45.5. The number of fused-ring (bicyclic) bond motifs is 12. The number of hydrogen-bond donors (Lipinski definition) is 0. The maximum Gasteiger partial charge on any atom is 0.0782 e. The second-order valence-electron chi connectivity index (χ2n) is 18.3. The summed E-state index contributed by atoms with van der Waals surface area (Å²) in [6.45, 7) is 0. The summed E-state index contributed by atoms with van der Waals surface area (Å²) < 4.78 is 2.47. The topological polar surface area (TPSA) is 8.17 Å². The second-order valence-corrected chi connectivity index (χ2v) is 18.3. The van der Waals surface area contributed by atoms with Crippen LogP contribution in [0.4, 0.5) is 17.1 Å². The van der Waals surface area contributed by atoms with Crippen LogP contribution in [-0.2, 0) is 5.41 Å². The largest absolute Gasteiger partial charge is 0.308 e. The van der Waals surface area contributed by atoms with Crippen LogP contribution in [0, 0.1) is 0 Å². The van der Waals surface area contributed by atoms with Crippen molar-refractivity contribution in [3.05, 3.63) is 289 Å². The van der Waals surface area contributed by atoms with Crippen LogP contribution < -0.4 is 4.90 Å². The third-order valence-corrected chi connectivity index (χ3v) is 14.8. The quantitative estimate of drug-likeness (QED) is 0.162. The Hall–Kier alpha value is -8.98.